The molecule has 2 amide bonds. The van der Waals surface area contributed by atoms with Crippen molar-refractivity contribution in [3.8, 4) is 11.5 Å². The lowest BCUT2D eigenvalue weighted by atomic mass is 10.2. The largest absolute Gasteiger partial charge is 0.485 e. The van der Waals surface area contributed by atoms with Crippen molar-refractivity contribution in [2.24, 2.45) is 0 Å². The number of hydrogen-bond donors (Lipinski definition) is 2. The maximum atomic E-state index is 12.0. The molecule has 6 heteroatoms. The second-order valence-electron chi connectivity index (χ2n) is 4.67. The molecule has 0 saturated heterocycles. The zero-order valence-electron chi connectivity index (χ0n) is 11.6. The Balaban J connectivity index is 1.56. The van der Waals surface area contributed by atoms with E-state index < -0.39 is 17.9 Å². The van der Waals surface area contributed by atoms with Crippen molar-refractivity contribution in [1.29, 1.82) is 0 Å². The highest BCUT2D eigenvalue weighted by atomic mass is 16.6. The lowest BCUT2D eigenvalue weighted by molar-refractivity contribution is -0.131. The summed E-state index contributed by atoms with van der Waals surface area (Å²) in [5, 5.41) is 0. The predicted molar refractivity (Wildman–Crippen MR) is 78.4 cm³/mol. The van der Waals surface area contributed by atoms with Crippen molar-refractivity contribution < 1.29 is 19.1 Å². The van der Waals surface area contributed by atoms with Crippen LogP contribution in [-0.2, 0) is 4.79 Å². The molecule has 0 fully saturated rings. The van der Waals surface area contributed by atoms with Gasteiger partial charge in [-0.2, -0.15) is 0 Å². The molecule has 0 radical (unpaired) electrons. The van der Waals surface area contributed by atoms with Gasteiger partial charge in [-0.3, -0.25) is 20.4 Å². The van der Waals surface area contributed by atoms with Crippen molar-refractivity contribution in [2.75, 3.05) is 6.61 Å². The molecular formula is C16H14N2O4. The summed E-state index contributed by atoms with van der Waals surface area (Å²) < 4.78 is 11.0. The normalized spacial score (nSPS) is 15.7. The quantitative estimate of drug-likeness (QED) is 0.819. The fourth-order valence-electron chi connectivity index (χ4n) is 2.01. The molecule has 1 atom stereocenters. The van der Waals surface area contributed by atoms with Crippen LogP contribution in [0.4, 0.5) is 0 Å². The third kappa shape index (κ3) is 3.01. The average Bonchev–Trinajstić information content (AvgIpc) is 2.59. The minimum absolute atomic E-state index is 0.0874. The molecule has 3 rings (SSSR count). The van der Waals surface area contributed by atoms with Gasteiger partial charge in [0.05, 0.1) is 0 Å². The second kappa shape index (κ2) is 6.17. The molecule has 1 aliphatic rings. The molecule has 0 aromatic heterocycles. The molecule has 22 heavy (non-hydrogen) atoms. The van der Waals surface area contributed by atoms with E-state index in [-0.39, 0.29) is 6.61 Å². The van der Waals surface area contributed by atoms with Crippen molar-refractivity contribution >= 4 is 11.8 Å². The second-order valence-corrected chi connectivity index (χ2v) is 4.67. The van der Waals surface area contributed by atoms with Gasteiger partial charge in [-0.15, -0.1) is 0 Å². The molecule has 0 saturated carbocycles. The van der Waals surface area contributed by atoms with Crippen LogP contribution in [0.15, 0.2) is 54.6 Å². The molecule has 112 valence electrons. The molecule has 1 aliphatic heterocycles. The molecule has 2 N–H and O–H groups in total. The Morgan fingerprint density at radius 3 is 2.36 bits per heavy atom. The van der Waals surface area contributed by atoms with E-state index in [4.69, 9.17) is 9.47 Å². The minimum atomic E-state index is -0.814. The number of ether oxygens (including phenoxy) is 2. The zero-order valence-corrected chi connectivity index (χ0v) is 11.6. The number of carbonyl (C=O) groups is 2. The van der Waals surface area contributed by atoms with Crippen molar-refractivity contribution in [3.63, 3.8) is 0 Å². The van der Waals surface area contributed by atoms with Gasteiger partial charge in [-0.25, -0.2) is 0 Å². The van der Waals surface area contributed by atoms with Gasteiger partial charge in [0, 0.05) is 5.56 Å². The first-order valence-electron chi connectivity index (χ1n) is 6.78. The summed E-state index contributed by atoms with van der Waals surface area (Å²) in [4.78, 5) is 23.8. The monoisotopic (exact) mass is 298 g/mol. The van der Waals surface area contributed by atoms with E-state index >= 15 is 0 Å². The van der Waals surface area contributed by atoms with Crippen molar-refractivity contribution in [3.05, 3.63) is 60.2 Å². The Hall–Kier alpha value is -3.02. The number of benzene rings is 2. The highest BCUT2D eigenvalue weighted by Gasteiger charge is 2.27. The number of hydrogen-bond acceptors (Lipinski definition) is 4. The highest BCUT2D eigenvalue weighted by molar-refractivity contribution is 5.95. The van der Waals surface area contributed by atoms with Gasteiger partial charge in [0.15, 0.2) is 11.5 Å². The average molecular weight is 298 g/mol. The maximum Gasteiger partial charge on any atom is 0.283 e. The third-order valence-corrected chi connectivity index (χ3v) is 3.14. The van der Waals surface area contributed by atoms with E-state index in [0.717, 1.165) is 0 Å². The van der Waals surface area contributed by atoms with Crippen LogP contribution < -0.4 is 20.3 Å². The summed E-state index contributed by atoms with van der Waals surface area (Å²) in [7, 11) is 0. The summed E-state index contributed by atoms with van der Waals surface area (Å²) >= 11 is 0. The molecule has 0 aliphatic carbocycles. The fourth-order valence-corrected chi connectivity index (χ4v) is 2.01. The third-order valence-electron chi connectivity index (χ3n) is 3.14. The van der Waals surface area contributed by atoms with Crippen LogP contribution in [-0.4, -0.2) is 24.5 Å². The lowest BCUT2D eigenvalue weighted by Crippen LogP contribution is -2.50. The van der Waals surface area contributed by atoms with Gasteiger partial charge in [0.1, 0.15) is 6.61 Å². The van der Waals surface area contributed by atoms with Gasteiger partial charge >= 0.3 is 0 Å². The summed E-state index contributed by atoms with van der Waals surface area (Å²) in [6.07, 6.45) is -0.814. The van der Waals surface area contributed by atoms with E-state index in [1.54, 1.807) is 48.5 Å². The topological polar surface area (TPSA) is 76.7 Å². The van der Waals surface area contributed by atoms with Crippen LogP contribution in [0.5, 0.6) is 11.5 Å². The standard InChI is InChI=1S/C16H14N2O4/c19-15(11-6-2-1-3-7-11)17-18-16(20)14-10-21-12-8-4-5-9-13(12)22-14/h1-9,14H,10H2,(H,17,19)(H,18,20)/t14-/m0/s1. The summed E-state index contributed by atoms with van der Waals surface area (Å²) in [6, 6.07) is 15.7. The lowest BCUT2D eigenvalue weighted by Gasteiger charge is -2.25. The van der Waals surface area contributed by atoms with E-state index in [9.17, 15) is 9.59 Å². The molecule has 0 bridgehead atoms. The van der Waals surface area contributed by atoms with Gasteiger partial charge in [0.2, 0.25) is 6.10 Å². The number of carbonyl (C=O) groups excluding carboxylic acids is 2. The summed E-state index contributed by atoms with van der Waals surface area (Å²) in [5.74, 6) is 0.230. The molecule has 6 nitrogen and oxygen atoms in total. The number of amides is 2. The van der Waals surface area contributed by atoms with Crippen LogP contribution in [0.3, 0.4) is 0 Å². The number of fused-ring (bicyclic) bond motifs is 1. The number of hydrazine groups is 1. The fraction of sp³-hybridized carbons (Fsp3) is 0.125. The Bertz CT molecular complexity index is 688. The highest BCUT2D eigenvalue weighted by Crippen LogP contribution is 2.30. The predicted octanol–water partition coefficient (Wildman–Crippen LogP) is 1.29. The maximum absolute atomic E-state index is 12.0. The Kier molecular flexibility index (Phi) is 3.91. The molecule has 2 aromatic rings. The van der Waals surface area contributed by atoms with Gasteiger partial charge in [-0.1, -0.05) is 30.3 Å². The number of para-hydroxylation sites is 2. The van der Waals surface area contributed by atoms with Gasteiger partial charge in [0.25, 0.3) is 11.8 Å². The Labute approximate surface area is 127 Å². The van der Waals surface area contributed by atoms with Crippen LogP contribution in [0.1, 0.15) is 10.4 Å². The number of nitrogens with one attached hydrogen (secondary N) is 2. The first-order valence-corrected chi connectivity index (χ1v) is 6.78. The van der Waals surface area contributed by atoms with Crippen LogP contribution in [0.25, 0.3) is 0 Å². The van der Waals surface area contributed by atoms with Crippen molar-refractivity contribution in [1.82, 2.24) is 10.9 Å². The van der Waals surface area contributed by atoms with Gasteiger partial charge < -0.3 is 9.47 Å². The first kappa shape index (κ1) is 13.9. The summed E-state index contributed by atoms with van der Waals surface area (Å²) in [6.45, 7) is 0.0874. The molecule has 2 aromatic carbocycles. The van der Waals surface area contributed by atoms with E-state index in [1.165, 1.54) is 0 Å². The number of rotatable bonds is 2. The van der Waals surface area contributed by atoms with Crippen LogP contribution in [0.2, 0.25) is 0 Å². The summed E-state index contributed by atoms with van der Waals surface area (Å²) in [5.41, 5.74) is 5.14. The van der Waals surface area contributed by atoms with Crippen LogP contribution >= 0.6 is 0 Å². The minimum Gasteiger partial charge on any atom is -0.485 e. The SMILES string of the molecule is O=C(NNC(=O)[C@@H]1COc2ccccc2O1)c1ccccc1. The van der Waals surface area contributed by atoms with Crippen molar-refractivity contribution in [2.45, 2.75) is 6.10 Å². The molecule has 0 unspecified atom stereocenters. The zero-order chi connectivity index (χ0) is 15.4. The first-order chi connectivity index (χ1) is 10.7. The molecular weight excluding hydrogens is 284 g/mol. The Morgan fingerprint density at radius 1 is 0.909 bits per heavy atom. The van der Waals surface area contributed by atoms with Gasteiger partial charge in [-0.05, 0) is 24.3 Å². The van der Waals surface area contributed by atoms with E-state index in [1.807, 2.05) is 6.07 Å². The van der Waals surface area contributed by atoms with Crippen LogP contribution in [0, 0.1) is 0 Å². The smallest absolute Gasteiger partial charge is 0.283 e. The molecule has 0 spiro atoms. The Morgan fingerprint density at radius 2 is 1.59 bits per heavy atom. The molecule has 1 heterocycles. The van der Waals surface area contributed by atoms with E-state index in [2.05, 4.69) is 10.9 Å². The van der Waals surface area contributed by atoms with E-state index in [0.29, 0.717) is 17.1 Å².